The van der Waals surface area contributed by atoms with Gasteiger partial charge >= 0.3 is 5.97 Å². The number of hydrogen-bond acceptors (Lipinski definition) is 10. The molecule has 0 saturated carbocycles. The lowest BCUT2D eigenvalue weighted by Crippen LogP contribution is -2.17. The molecule has 1 aliphatic rings. The molecule has 0 saturated heterocycles. The molecule has 11 heteroatoms. The number of nitrogens with one attached hydrogen (secondary N) is 2. The van der Waals surface area contributed by atoms with Crippen LogP contribution in [0, 0.1) is 5.82 Å². The van der Waals surface area contributed by atoms with Crippen molar-refractivity contribution in [3.05, 3.63) is 102 Å². The van der Waals surface area contributed by atoms with Crippen LogP contribution in [0.5, 0.6) is 0 Å². The van der Waals surface area contributed by atoms with Crippen molar-refractivity contribution in [3.63, 3.8) is 0 Å². The van der Waals surface area contributed by atoms with Gasteiger partial charge in [0, 0.05) is 23.0 Å². The number of carbonyl (C=O) groups is 1. The molecule has 0 spiro atoms. The third-order valence-corrected chi connectivity index (χ3v) is 6.74. The number of halogens is 1. The Bertz CT molecular complexity index is 1720. The molecule has 1 unspecified atom stereocenters. The topological polar surface area (TPSA) is 135 Å². The van der Waals surface area contributed by atoms with Gasteiger partial charge in [-0.1, -0.05) is 35.5 Å². The number of rotatable bonds is 8. The first-order chi connectivity index (χ1) is 19.8. The van der Waals surface area contributed by atoms with E-state index in [1.54, 1.807) is 24.3 Å². The van der Waals surface area contributed by atoms with Gasteiger partial charge in [-0.3, -0.25) is 0 Å². The van der Waals surface area contributed by atoms with Gasteiger partial charge in [0.1, 0.15) is 22.8 Å². The van der Waals surface area contributed by atoms with Gasteiger partial charge < -0.3 is 25.0 Å². The van der Waals surface area contributed by atoms with E-state index < -0.39 is 11.6 Å². The van der Waals surface area contributed by atoms with Gasteiger partial charge in [-0.25, -0.2) is 14.2 Å². The molecule has 3 N–H and O–H groups in total. The Morgan fingerprint density at radius 1 is 1.00 bits per heavy atom. The Labute approximate surface area is 234 Å². The third-order valence-electron chi connectivity index (χ3n) is 6.74. The molecule has 0 bridgehead atoms. The molecule has 206 valence electrons. The van der Waals surface area contributed by atoms with Crippen LogP contribution in [0.3, 0.4) is 0 Å². The highest BCUT2D eigenvalue weighted by Crippen LogP contribution is 2.38. The highest BCUT2D eigenvalue weighted by Gasteiger charge is 2.37. The van der Waals surface area contributed by atoms with Gasteiger partial charge in [0.25, 0.3) is 5.89 Å². The Balaban J connectivity index is 1.36. The van der Waals surface area contributed by atoms with Crippen LogP contribution in [-0.2, 0) is 10.3 Å². The molecular formula is C30H25FN6O4. The number of cyclic esters (lactones) is 1. The summed E-state index contributed by atoms with van der Waals surface area (Å²) in [7, 11) is 0. The number of carbonyl (C=O) groups excluding carboxylic acids is 1. The predicted octanol–water partition coefficient (Wildman–Crippen LogP) is 5.63. The minimum absolute atomic E-state index is 0.137. The van der Waals surface area contributed by atoms with E-state index in [2.05, 4.69) is 30.7 Å². The molecule has 41 heavy (non-hydrogen) atoms. The first kappa shape index (κ1) is 26.1. The smallest absolute Gasteiger partial charge is 0.339 e. The standard InChI is InChI=1S/C30H25FN6O4/c1-30(2)23-14-20(12-13-21(23)28(39)40-30)33-29-32-15-22(26(36-29)34-24(16-38)17-6-4-3-5-7-17)27-35-25(37-41-27)18-8-10-19(31)11-9-18/h3-15,24,38H,16H2,1-2H3,(H2,32,33,34,36). The lowest BCUT2D eigenvalue weighted by molar-refractivity contribution is 0.00954. The van der Waals surface area contributed by atoms with Crippen molar-refractivity contribution < 1.29 is 23.6 Å². The summed E-state index contributed by atoms with van der Waals surface area (Å²) in [5.41, 5.74) is 3.00. The van der Waals surface area contributed by atoms with Crippen molar-refractivity contribution in [2.75, 3.05) is 17.2 Å². The Hall–Kier alpha value is -5.16. The van der Waals surface area contributed by atoms with Crippen LogP contribution < -0.4 is 10.6 Å². The van der Waals surface area contributed by atoms with E-state index in [9.17, 15) is 14.3 Å². The number of fused-ring (bicyclic) bond motifs is 1. The molecule has 0 amide bonds. The van der Waals surface area contributed by atoms with Crippen LogP contribution in [0.1, 0.15) is 41.4 Å². The van der Waals surface area contributed by atoms with E-state index in [-0.39, 0.29) is 36.1 Å². The lowest BCUT2D eigenvalue weighted by Gasteiger charge is -2.20. The van der Waals surface area contributed by atoms with Gasteiger partial charge in [0.2, 0.25) is 11.8 Å². The van der Waals surface area contributed by atoms with Crippen molar-refractivity contribution in [3.8, 4) is 22.8 Å². The molecule has 10 nitrogen and oxygen atoms in total. The first-order valence-electron chi connectivity index (χ1n) is 12.8. The van der Waals surface area contributed by atoms with Crippen LogP contribution in [0.2, 0.25) is 0 Å². The summed E-state index contributed by atoms with van der Waals surface area (Å²) in [5, 5.41) is 20.7. The fraction of sp³-hybridized carbons (Fsp3) is 0.167. The third kappa shape index (κ3) is 5.22. The van der Waals surface area contributed by atoms with Crippen molar-refractivity contribution in [1.82, 2.24) is 20.1 Å². The first-order valence-corrected chi connectivity index (χ1v) is 12.8. The Kier molecular flexibility index (Phi) is 6.64. The van der Waals surface area contributed by atoms with Gasteiger partial charge in [-0.15, -0.1) is 0 Å². The minimum atomic E-state index is -0.758. The number of anilines is 3. The van der Waals surface area contributed by atoms with E-state index in [1.807, 2.05) is 50.2 Å². The average Bonchev–Trinajstić information content (AvgIpc) is 3.55. The molecular weight excluding hydrogens is 527 g/mol. The minimum Gasteiger partial charge on any atom is -0.451 e. The summed E-state index contributed by atoms with van der Waals surface area (Å²) in [6, 6.07) is 20.0. The number of aliphatic hydroxyl groups excluding tert-OH is 1. The monoisotopic (exact) mass is 552 g/mol. The van der Waals surface area contributed by atoms with E-state index in [0.717, 1.165) is 11.1 Å². The maximum absolute atomic E-state index is 13.4. The normalized spacial score (nSPS) is 14.3. The highest BCUT2D eigenvalue weighted by atomic mass is 19.1. The Morgan fingerprint density at radius 3 is 2.54 bits per heavy atom. The SMILES string of the molecule is CC1(C)OC(=O)c2ccc(Nc3ncc(-c4nc(-c5ccc(F)cc5)no4)c(NC(CO)c4ccccc4)n3)cc21. The molecule has 3 heterocycles. The number of esters is 1. The van der Waals surface area contributed by atoms with Crippen LogP contribution in [0.25, 0.3) is 22.8 Å². The van der Waals surface area contributed by atoms with Gasteiger partial charge in [-0.05, 0) is 61.9 Å². The average molecular weight is 553 g/mol. The zero-order valence-electron chi connectivity index (χ0n) is 22.1. The molecule has 3 aromatic carbocycles. The molecule has 2 aromatic heterocycles. The fourth-order valence-corrected chi connectivity index (χ4v) is 4.61. The van der Waals surface area contributed by atoms with Gasteiger partial charge in [-0.2, -0.15) is 9.97 Å². The van der Waals surface area contributed by atoms with Crippen LogP contribution in [0.4, 0.5) is 21.8 Å². The molecule has 6 rings (SSSR count). The number of aromatic nitrogens is 4. The second-order valence-electron chi connectivity index (χ2n) is 9.96. The van der Waals surface area contributed by atoms with Crippen LogP contribution in [0.15, 0.2) is 83.5 Å². The molecule has 1 atom stereocenters. The van der Waals surface area contributed by atoms with Crippen molar-refractivity contribution in [1.29, 1.82) is 0 Å². The largest absolute Gasteiger partial charge is 0.451 e. The Morgan fingerprint density at radius 2 is 1.78 bits per heavy atom. The summed E-state index contributed by atoms with van der Waals surface area (Å²) in [6.07, 6.45) is 1.53. The summed E-state index contributed by atoms with van der Waals surface area (Å²) in [6.45, 7) is 3.45. The van der Waals surface area contributed by atoms with Crippen LogP contribution >= 0.6 is 0 Å². The van der Waals surface area contributed by atoms with E-state index in [1.165, 1.54) is 18.3 Å². The second-order valence-corrected chi connectivity index (χ2v) is 9.96. The predicted molar refractivity (Wildman–Crippen MR) is 149 cm³/mol. The quantitative estimate of drug-likeness (QED) is 0.208. The van der Waals surface area contributed by atoms with Gasteiger partial charge in [0.15, 0.2) is 0 Å². The molecule has 1 aliphatic heterocycles. The van der Waals surface area contributed by atoms with E-state index in [4.69, 9.17) is 9.26 Å². The van der Waals surface area contributed by atoms with Crippen molar-refractivity contribution in [2.24, 2.45) is 0 Å². The number of ether oxygens (including phenoxy) is 1. The zero-order chi connectivity index (χ0) is 28.6. The summed E-state index contributed by atoms with van der Waals surface area (Å²) in [4.78, 5) is 25.8. The summed E-state index contributed by atoms with van der Waals surface area (Å²) < 4.78 is 24.4. The highest BCUT2D eigenvalue weighted by molar-refractivity contribution is 5.95. The molecule has 0 fully saturated rings. The van der Waals surface area contributed by atoms with E-state index in [0.29, 0.717) is 28.2 Å². The van der Waals surface area contributed by atoms with Crippen molar-refractivity contribution in [2.45, 2.75) is 25.5 Å². The molecule has 0 radical (unpaired) electrons. The van der Waals surface area contributed by atoms with E-state index >= 15 is 0 Å². The number of nitrogens with zero attached hydrogens (tertiary/aromatic N) is 4. The zero-order valence-corrected chi connectivity index (χ0v) is 22.1. The van der Waals surface area contributed by atoms with Crippen LogP contribution in [-0.4, -0.2) is 37.8 Å². The second kappa shape index (κ2) is 10.4. The lowest BCUT2D eigenvalue weighted by atomic mass is 9.95. The number of hydrogen-bond donors (Lipinski definition) is 3. The summed E-state index contributed by atoms with van der Waals surface area (Å²) >= 11 is 0. The fourth-order valence-electron chi connectivity index (χ4n) is 4.61. The maximum Gasteiger partial charge on any atom is 0.339 e. The van der Waals surface area contributed by atoms with Gasteiger partial charge in [0.05, 0.1) is 18.2 Å². The van der Waals surface area contributed by atoms with Crippen molar-refractivity contribution >= 4 is 23.4 Å². The number of benzene rings is 3. The number of aliphatic hydroxyl groups is 1. The summed E-state index contributed by atoms with van der Waals surface area (Å²) in [5.74, 6) is 0.258. The maximum atomic E-state index is 13.4. The molecule has 5 aromatic rings. The molecule has 0 aliphatic carbocycles.